The molecular formula is C18H29N3O2. The van der Waals surface area contributed by atoms with Crippen molar-refractivity contribution in [2.45, 2.75) is 20.0 Å². The number of aliphatic imine (C=N–C) groups is 1. The van der Waals surface area contributed by atoms with E-state index in [4.69, 9.17) is 9.47 Å². The quantitative estimate of drug-likeness (QED) is 0.453. The molecule has 0 amide bonds. The molecule has 1 aliphatic heterocycles. The average Bonchev–Trinajstić information content (AvgIpc) is 3.05. The monoisotopic (exact) mass is 319 g/mol. The second kappa shape index (κ2) is 10.2. The van der Waals surface area contributed by atoms with Gasteiger partial charge in [-0.3, -0.25) is 4.99 Å². The van der Waals surface area contributed by atoms with Gasteiger partial charge in [-0.05, 0) is 18.9 Å². The molecule has 1 aliphatic rings. The van der Waals surface area contributed by atoms with E-state index in [0.717, 1.165) is 45.2 Å². The molecule has 1 unspecified atom stereocenters. The van der Waals surface area contributed by atoms with Crippen LogP contribution in [0.15, 0.2) is 35.3 Å². The molecule has 1 aromatic rings. The number of likely N-dealkylation sites (tertiary alicyclic amines) is 1. The van der Waals surface area contributed by atoms with E-state index >= 15 is 0 Å². The maximum atomic E-state index is 5.87. The van der Waals surface area contributed by atoms with Crippen LogP contribution in [0.1, 0.15) is 18.9 Å². The van der Waals surface area contributed by atoms with Crippen molar-refractivity contribution < 1.29 is 9.47 Å². The Hall–Kier alpha value is -1.59. The van der Waals surface area contributed by atoms with Gasteiger partial charge in [-0.15, -0.1) is 0 Å². The zero-order valence-corrected chi connectivity index (χ0v) is 14.3. The van der Waals surface area contributed by atoms with Gasteiger partial charge < -0.3 is 19.7 Å². The minimum absolute atomic E-state index is 0.573. The molecule has 23 heavy (non-hydrogen) atoms. The van der Waals surface area contributed by atoms with E-state index in [2.05, 4.69) is 27.3 Å². The van der Waals surface area contributed by atoms with E-state index in [9.17, 15) is 0 Å². The Morgan fingerprint density at radius 3 is 2.87 bits per heavy atom. The van der Waals surface area contributed by atoms with Crippen LogP contribution in [-0.2, 0) is 16.1 Å². The molecule has 0 radical (unpaired) electrons. The van der Waals surface area contributed by atoms with Crippen LogP contribution in [0.25, 0.3) is 0 Å². The van der Waals surface area contributed by atoms with Gasteiger partial charge in [-0.25, -0.2) is 0 Å². The SMILES string of the molecule is CCOCCNC(=NC)N1CCC(COCc2ccccc2)C1. The minimum Gasteiger partial charge on any atom is -0.380 e. The maximum absolute atomic E-state index is 5.87. The summed E-state index contributed by atoms with van der Waals surface area (Å²) in [6.45, 7) is 7.82. The van der Waals surface area contributed by atoms with E-state index < -0.39 is 0 Å². The molecule has 0 aromatic heterocycles. The Labute approximate surface area is 139 Å². The standard InChI is InChI=1S/C18H29N3O2/c1-3-22-12-10-20-18(19-2)21-11-9-17(13-21)15-23-14-16-7-5-4-6-8-16/h4-8,17H,3,9-15H2,1-2H3,(H,19,20). The maximum Gasteiger partial charge on any atom is 0.193 e. The molecule has 1 fully saturated rings. The molecule has 1 heterocycles. The molecule has 2 rings (SSSR count). The predicted octanol–water partition coefficient (Wildman–Crippen LogP) is 2.14. The third kappa shape index (κ3) is 6.20. The number of rotatable bonds is 8. The Morgan fingerprint density at radius 1 is 1.30 bits per heavy atom. The number of ether oxygens (including phenoxy) is 2. The van der Waals surface area contributed by atoms with E-state index in [1.54, 1.807) is 0 Å². The number of hydrogen-bond acceptors (Lipinski definition) is 3. The van der Waals surface area contributed by atoms with E-state index in [-0.39, 0.29) is 0 Å². The van der Waals surface area contributed by atoms with Gasteiger partial charge >= 0.3 is 0 Å². The highest BCUT2D eigenvalue weighted by atomic mass is 16.5. The molecule has 128 valence electrons. The summed E-state index contributed by atoms with van der Waals surface area (Å²) in [5.74, 6) is 1.54. The molecule has 0 bridgehead atoms. The van der Waals surface area contributed by atoms with Crippen LogP contribution >= 0.6 is 0 Å². The summed E-state index contributed by atoms with van der Waals surface area (Å²) in [7, 11) is 1.84. The Bertz CT molecular complexity index is 465. The van der Waals surface area contributed by atoms with Crippen molar-refractivity contribution in [1.82, 2.24) is 10.2 Å². The lowest BCUT2D eigenvalue weighted by atomic mass is 10.1. The van der Waals surface area contributed by atoms with Crippen LogP contribution in [0.3, 0.4) is 0 Å². The molecule has 0 aliphatic carbocycles. The molecule has 1 aromatic carbocycles. The lowest BCUT2D eigenvalue weighted by Gasteiger charge is -2.21. The molecular weight excluding hydrogens is 290 g/mol. The van der Waals surface area contributed by atoms with Crippen molar-refractivity contribution in [3.05, 3.63) is 35.9 Å². The second-order valence-corrected chi connectivity index (χ2v) is 5.77. The topological polar surface area (TPSA) is 46.1 Å². The van der Waals surface area contributed by atoms with Gasteiger partial charge in [0.05, 0.1) is 19.8 Å². The zero-order chi connectivity index (χ0) is 16.3. The summed E-state index contributed by atoms with van der Waals surface area (Å²) in [4.78, 5) is 6.67. The summed E-state index contributed by atoms with van der Waals surface area (Å²) in [6, 6.07) is 10.3. The third-order valence-corrected chi connectivity index (χ3v) is 4.00. The molecule has 5 heteroatoms. The first-order chi connectivity index (χ1) is 11.3. The van der Waals surface area contributed by atoms with Crippen LogP contribution in [0.2, 0.25) is 0 Å². The van der Waals surface area contributed by atoms with Crippen molar-refractivity contribution in [2.75, 3.05) is 46.5 Å². The van der Waals surface area contributed by atoms with Gasteiger partial charge in [0.2, 0.25) is 0 Å². The Morgan fingerprint density at radius 2 is 2.13 bits per heavy atom. The second-order valence-electron chi connectivity index (χ2n) is 5.77. The minimum atomic E-state index is 0.573. The summed E-state index contributed by atoms with van der Waals surface area (Å²) < 4.78 is 11.2. The van der Waals surface area contributed by atoms with Crippen molar-refractivity contribution in [3.8, 4) is 0 Å². The highest BCUT2D eigenvalue weighted by Gasteiger charge is 2.24. The molecule has 1 N–H and O–H groups in total. The summed E-state index contributed by atoms with van der Waals surface area (Å²) in [5.41, 5.74) is 1.23. The number of benzene rings is 1. The molecule has 1 atom stereocenters. The van der Waals surface area contributed by atoms with Gasteiger partial charge in [0.1, 0.15) is 0 Å². The first-order valence-electron chi connectivity index (χ1n) is 8.48. The fraction of sp³-hybridized carbons (Fsp3) is 0.611. The largest absolute Gasteiger partial charge is 0.380 e. The highest BCUT2D eigenvalue weighted by Crippen LogP contribution is 2.17. The molecule has 0 saturated carbocycles. The fourth-order valence-corrected chi connectivity index (χ4v) is 2.79. The average molecular weight is 319 g/mol. The molecule has 5 nitrogen and oxygen atoms in total. The molecule has 1 saturated heterocycles. The van der Waals surface area contributed by atoms with Crippen molar-refractivity contribution in [1.29, 1.82) is 0 Å². The van der Waals surface area contributed by atoms with E-state index in [1.165, 1.54) is 5.56 Å². The summed E-state index contributed by atoms with van der Waals surface area (Å²) in [6.07, 6.45) is 1.15. The predicted molar refractivity (Wildman–Crippen MR) is 93.6 cm³/mol. The molecule has 0 spiro atoms. The normalized spacial score (nSPS) is 18.4. The number of guanidine groups is 1. The Balaban J connectivity index is 1.66. The summed E-state index contributed by atoms with van der Waals surface area (Å²) in [5, 5.41) is 3.36. The van der Waals surface area contributed by atoms with Crippen molar-refractivity contribution in [3.63, 3.8) is 0 Å². The lowest BCUT2D eigenvalue weighted by molar-refractivity contribution is 0.0906. The lowest BCUT2D eigenvalue weighted by Crippen LogP contribution is -2.41. The first kappa shape index (κ1) is 17.8. The third-order valence-electron chi connectivity index (χ3n) is 4.00. The van der Waals surface area contributed by atoms with Crippen LogP contribution < -0.4 is 5.32 Å². The zero-order valence-electron chi connectivity index (χ0n) is 14.3. The van der Waals surface area contributed by atoms with Crippen LogP contribution in [0, 0.1) is 5.92 Å². The number of nitrogens with zero attached hydrogens (tertiary/aromatic N) is 2. The van der Waals surface area contributed by atoms with Crippen molar-refractivity contribution in [2.24, 2.45) is 10.9 Å². The number of nitrogens with one attached hydrogen (secondary N) is 1. The smallest absolute Gasteiger partial charge is 0.193 e. The summed E-state index contributed by atoms with van der Waals surface area (Å²) >= 11 is 0. The van der Waals surface area contributed by atoms with Crippen LogP contribution in [0.5, 0.6) is 0 Å². The van der Waals surface area contributed by atoms with Crippen molar-refractivity contribution >= 4 is 5.96 Å². The Kier molecular flexibility index (Phi) is 7.90. The van der Waals surface area contributed by atoms with Gasteiger partial charge in [-0.2, -0.15) is 0 Å². The fourth-order valence-electron chi connectivity index (χ4n) is 2.79. The van der Waals surface area contributed by atoms with Gasteiger partial charge in [0, 0.05) is 39.2 Å². The van der Waals surface area contributed by atoms with Crippen LogP contribution in [-0.4, -0.2) is 57.4 Å². The number of hydrogen-bond donors (Lipinski definition) is 1. The first-order valence-corrected chi connectivity index (χ1v) is 8.48. The van der Waals surface area contributed by atoms with Crippen LogP contribution in [0.4, 0.5) is 0 Å². The van der Waals surface area contributed by atoms with E-state index in [1.807, 2.05) is 32.2 Å². The van der Waals surface area contributed by atoms with Gasteiger partial charge in [-0.1, -0.05) is 30.3 Å². The van der Waals surface area contributed by atoms with E-state index in [0.29, 0.717) is 19.1 Å². The van der Waals surface area contributed by atoms with Gasteiger partial charge in [0.15, 0.2) is 5.96 Å². The highest BCUT2D eigenvalue weighted by molar-refractivity contribution is 5.80. The van der Waals surface area contributed by atoms with Gasteiger partial charge in [0.25, 0.3) is 0 Å².